The van der Waals surface area contributed by atoms with E-state index in [1.165, 1.54) is 0 Å². The zero-order valence-electron chi connectivity index (χ0n) is 13.8. The highest BCUT2D eigenvalue weighted by Gasteiger charge is 2.22. The van der Waals surface area contributed by atoms with Gasteiger partial charge < -0.3 is 9.30 Å². The predicted molar refractivity (Wildman–Crippen MR) is 95.0 cm³/mol. The van der Waals surface area contributed by atoms with E-state index in [0.29, 0.717) is 6.61 Å². The molecule has 1 aliphatic rings. The summed E-state index contributed by atoms with van der Waals surface area (Å²) >= 11 is 3.57. The molecule has 3 heterocycles. The van der Waals surface area contributed by atoms with Gasteiger partial charge in [-0.1, -0.05) is 15.9 Å². The molecule has 1 aromatic carbocycles. The van der Waals surface area contributed by atoms with Crippen LogP contribution >= 0.6 is 15.9 Å². The van der Waals surface area contributed by atoms with Crippen LogP contribution in [0.15, 0.2) is 29.1 Å². The van der Waals surface area contributed by atoms with Crippen molar-refractivity contribution in [2.75, 3.05) is 6.61 Å². The summed E-state index contributed by atoms with van der Waals surface area (Å²) in [6.45, 7) is 7.61. The van der Waals surface area contributed by atoms with Crippen LogP contribution in [0.5, 0.6) is 5.75 Å². The molecule has 24 heavy (non-hydrogen) atoms. The highest BCUT2D eigenvalue weighted by atomic mass is 79.9. The molecule has 3 aromatic rings. The fraction of sp³-hybridized carbons (Fsp3) is 0.353. The number of halogens is 1. The highest BCUT2D eigenvalue weighted by Crippen LogP contribution is 2.37. The van der Waals surface area contributed by atoms with E-state index in [1.54, 1.807) is 6.33 Å². The maximum Gasteiger partial charge on any atom is 0.178 e. The molecule has 124 valence electrons. The summed E-state index contributed by atoms with van der Waals surface area (Å²) < 4.78 is 11.0. The molecule has 0 unspecified atom stereocenters. The van der Waals surface area contributed by atoms with Gasteiger partial charge in [-0.05, 0) is 38.5 Å². The topological polar surface area (TPSA) is 57.8 Å². The number of benzene rings is 1. The fourth-order valence-corrected chi connectivity index (χ4v) is 3.25. The molecule has 0 radical (unpaired) electrons. The molecule has 0 fully saturated rings. The number of hydrogen-bond donors (Lipinski definition) is 0. The van der Waals surface area contributed by atoms with Gasteiger partial charge in [0.2, 0.25) is 0 Å². The fourth-order valence-electron chi connectivity index (χ4n) is 2.93. The smallest absolute Gasteiger partial charge is 0.178 e. The Balaban J connectivity index is 1.88. The molecule has 0 atom stereocenters. The zero-order valence-corrected chi connectivity index (χ0v) is 15.4. The third kappa shape index (κ3) is 2.43. The lowest BCUT2D eigenvalue weighted by Crippen LogP contribution is -2.06. The zero-order chi connectivity index (χ0) is 16.8. The minimum absolute atomic E-state index is 0.234. The van der Waals surface area contributed by atoms with Crippen LogP contribution in [0.4, 0.5) is 0 Å². The van der Waals surface area contributed by atoms with E-state index in [2.05, 4.69) is 57.4 Å². The van der Waals surface area contributed by atoms with Crippen molar-refractivity contribution in [1.82, 2.24) is 24.3 Å². The Hall–Kier alpha value is -2.15. The lowest BCUT2D eigenvalue weighted by molar-refractivity contribution is 0.306. The number of rotatable bonds is 2. The van der Waals surface area contributed by atoms with Gasteiger partial charge in [0.05, 0.1) is 12.1 Å². The SMILES string of the molecule is Cc1cc2c(cc1Br)OCCn1cc(-c3ncnn3C(C)C)nc1-2. The monoisotopic (exact) mass is 387 g/mol. The van der Waals surface area contributed by atoms with E-state index in [9.17, 15) is 0 Å². The van der Waals surface area contributed by atoms with E-state index in [4.69, 9.17) is 9.72 Å². The first kappa shape index (κ1) is 15.4. The van der Waals surface area contributed by atoms with Gasteiger partial charge in [0.1, 0.15) is 30.2 Å². The van der Waals surface area contributed by atoms with Gasteiger partial charge >= 0.3 is 0 Å². The summed E-state index contributed by atoms with van der Waals surface area (Å²) in [6, 6.07) is 4.36. The molecule has 0 amide bonds. The van der Waals surface area contributed by atoms with Gasteiger partial charge in [-0.2, -0.15) is 5.10 Å². The standard InChI is InChI=1S/C17H18BrN5O/c1-10(2)23-17(19-9-20-23)14-8-22-4-5-24-15-7-13(18)11(3)6-12(15)16(22)21-14/h6-10H,4-5H2,1-3H3. The third-order valence-corrected chi connectivity index (χ3v) is 5.01. The molecule has 0 N–H and O–H groups in total. The third-order valence-electron chi connectivity index (χ3n) is 4.16. The maximum absolute atomic E-state index is 5.89. The van der Waals surface area contributed by atoms with Gasteiger partial charge in [0.15, 0.2) is 5.82 Å². The molecular weight excluding hydrogens is 370 g/mol. The number of ether oxygens (including phenoxy) is 1. The first-order valence-electron chi connectivity index (χ1n) is 7.95. The van der Waals surface area contributed by atoms with Crippen molar-refractivity contribution in [2.45, 2.75) is 33.4 Å². The second kappa shape index (κ2) is 5.73. The summed E-state index contributed by atoms with van der Waals surface area (Å²) in [6.07, 6.45) is 3.62. The summed E-state index contributed by atoms with van der Waals surface area (Å²) in [5.74, 6) is 2.56. The summed E-state index contributed by atoms with van der Waals surface area (Å²) in [5, 5.41) is 4.31. The lowest BCUT2D eigenvalue weighted by atomic mass is 10.1. The number of hydrogen-bond acceptors (Lipinski definition) is 4. The Kier molecular flexibility index (Phi) is 3.68. The average Bonchev–Trinajstić information content (AvgIpc) is 3.14. The van der Waals surface area contributed by atoms with Crippen LogP contribution in [-0.2, 0) is 6.54 Å². The average molecular weight is 388 g/mol. The molecule has 0 aliphatic carbocycles. The summed E-state index contributed by atoms with van der Waals surface area (Å²) in [7, 11) is 0. The van der Waals surface area contributed by atoms with Crippen LogP contribution in [0.1, 0.15) is 25.5 Å². The largest absolute Gasteiger partial charge is 0.491 e. The number of fused-ring (bicyclic) bond motifs is 3. The number of aromatic nitrogens is 5. The number of aryl methyl sites for hydroxylation is 1. The van der Waals surface area contributed by atoms with Gasteiger partial charge in [0, 0.05) is 16.7 Å². The Morgan fingerprint density at radius 2 is 2.08 bits per heavy atom. The van der Waals surface area contributed by atoms with Gasteiger partial charge in [-0.25, -0.2) is 14.6 Å². The van der Waals surface area contributed by atoms with Gasteiger partial charge in [-0.15, -0.1) is 0 Å². The van der Waals surface area contributed by atoms with Crippen molar-refractivity contribution in [3.8, 4) is 28.7 Å². The second-order valence-corrected chi connectivity index (χ2v) is 7.07. The highest BCUT2D eigenvalue weighted by molar-refractivity contribution is 9.10. The second-order valence-electron chi connectivity index (χ2n) is 6.21. The normalized spacial score (nSPS) is 13.4. The predicted octanol–water partition coefficient (Wildman–Crippen LogP) is 3.85. The van der Waals surface area contributed by atoms with Crippen molar-refractivity contribution in [2.24, 2.45) is 0 Å². The molecule has 2 aromatic heterocycles. The van der Waals surface area contributed by atoms with Crippen LogP contribution in [0, 0.1) is 6.92 Å². The summed E-state index contributed by atoms with van der Waals surface area (Å²) in [5.41, 5.74) is 3.00. The van der Waals surface area contributed by atoms with Crippen molar-refractivity contribution in [3.05, 3.63) is 34.7 Å². The Morgan fingerprint density at radius 3 is 2.88 bits per heavy atom. The Bertz CT molecular complexity index is 912. The molecule has 0 saturated carbocycles. The number of nitrogens with zero attached hydrogens (tertiary/aromatic N) is 5. The first-order valence-corrected chi connectivity index (χ1v) is 8.74. The van der Waals surface area contributed by atoms with E-state index in [-0.39, 0.29) is 6.04 Å². The lowest BCUT2D eigenvalue weighted by Gasteiger charge is -2.09. The van der Waals surface area contributed by atoms with Crippen molar-refractivity contribution < 1.29 is 4.74 Å². The van der Waals surface area contributed by atoms with Crippen molar-refractivity contribution >= 4 is 15.9 Å². The van der Waals surface area contributed by atoms with E-state index in [1.807, 2.05) is 16.9 Å². The van der Waals surface area contributed by atoms with Crippen LogP contribution in [0.2, 0.25) is 0 Å². The van der Waals surface area contributed by atoms with Crippen LogP contribution in [0.3, 0.4) is 0 Å². The van der Waals surface area contributed by atoms with Gasteiger partial charge in [-0.3, -0.25) is 0 Å². The molecule has 6 nitrogen and oxygen atoms in total. The van der Waals surface area contributed by atoms with E-state index < -0.39 is 0 Å². The number of imidazole rings is 1. The Labute approximate surface area is 148 Å². The molecule has 4 rings (SSSR count). The van der Waals surface area contributed by atoms with Gasteiger partial charge in [0.25, 0.3) is 0 Å². The molecular formula is C17H18BrN5O. The van der Waals surface area contributed by atoms with E-state index >= 15 is 0 Å². The van der Waals surface area contributed by atoms with E-state index in [0.717, 1.165) is 45.2 Å². The molecule has 7 heteroatoms. The van der Waals surface area contributed by atoms with Crippen molar-refractivity contribution in [3.63, 3.8) is 0 Å². The molecule has 0 saturated heterocycles. The van der Waals surface area contributed by atoms with Crippen LogP contribution < -0.4 is 4.74 Å². The first-order chi connectivity index (χ1) is 11.5. The molecule has 0 spiro atoms. The minimum Gasteiger partial charge on any atom is -0.491 e. The Morgan fingerprint density at radius 1 is 1.25 bits per heavy atom. The maximum atomic E-state index is 5.89. The van der Waals surface area contributed by atoms with Crippen LogP contribution in [0.25, 0.3) is 22.9 Å². The summed E-state index contributed by atoms with van der Waals surface area (Å²) in [4.78, 5) is 9.25. The molecule has 0 bridgehead atoms. The molecule has 1 aliphatic heterocycles. The quantitative estimate of drug-likeness (QED) is 0.669. The van der Waals surface area contributed by atoms with Crippen molar-refractivity contribution in [1.29, 1.82) is 0 Å². The minimum atomic E-state index is 0.234. The van der Waals surface area contributed by atoms with Crippen LogP contribution in [-0.4, -0.2) is 30.9 Å².